The van der Waals surface area contributed by atoms with E-state index >= 15 is 0 Å². The Kier molecular flexibility index (Phi) is 1.89. The first-order chi connectivity index (χ1) is 5.56. The van der Waals surface area contributed by atoms with Crippen molar-refractivity contribution in [2.45, 2.75) is 18.9 Å². The number of rotatable bonds is 3. The number of nitrogens with two attached hydrogens (primary N) is 1. The third-order valence-corrected chi connectivity index (χ3v) is 3.56. The van der Waals surface area contributed by atoms with Crippen LogP contribution in [0.25, 0.3) is 0 Å². The molecule has 2 rings (SSSR count). The van der Waals surface area contributed by atoms with Crippen LogP contribution < -0.4 is 5.14 Å². The van der Waals surface area contributed by atoms with Gasteiger partial charge in [-0.15, -0.1) is 0 Å². The first-order valence-corrected chi connectivity index (χ1v) is 6.02. The minimum atomic E-state index is -3.26. The first-order valence-electron chi connectivity index (χ1n) is 4.31. The van der Waals surface area contributed by atoms with E-state index in [1.807, 2.05) is 0 Å². The summed E-state index contributed by atoms with van der Waals surface area (Å²) in [5, 5.41) is 4.92. The van der Waals surface area contributed by atoms with Crippen LogP contribution in [0.4, 0.5) is 0 Å². The molecule has 0 bridgehead atoms. The van der Waals surface area contributed by atoms with Crippen LogP contribution in [0.1, 0.15) is 12.8 Å². The molecule has 70 valence electrons. The topological polar surface area (TPSA) is 63.4 Å². The molecule has 0 aromatic heterocycles. The molecule has 0 aromatic rings. The van der Waals surface area contributed by atoms with Crippen LogP contribution >= 0.6 is 0 Å². The minimum absolute atomic E-state index is 0.107. The standard InChI is InChI=1S/C7H14N2O2S/c8-12(10,11)4-3-9-2-1-6-5-7(6)9/h6-7H,1-5H2,(H2,8,10,11). The SMILES string of the molecule is NS(=O)(=O)CCN1CCC2CC21. The molecule has 0 aromatic carbocycles. The van der Waals surface area contributed by atoms with Crippen molar-refractivity contribution in [3.63, 3.8) is 0 Å². The summed E-state index contributed by atoms with van der Waals surface area (Å²) in [6.07, 6.45) is 2.51. The van der Waals surface area contributed by atoms with Crippen LogP contribution in [0.3, 0.4) is 0 Å². The van der Waals surface area contributed by atoms with Crippen molar-refractivity contribution >= 4 is 10.0 Å². The molecular formula is C7H14N2O2S. The summed E-state index contributed by atoms with van der Waals surface area (Å²) in [6.45, 7) is 1.69. The number of nitrogens with zero attached hydrogens (tertiary/aromatic N) is 1. The van der Waals surface area contributed by atoms with Gasteiger partial charge >= 0.3 is 0 Å². The highest BCUT2D eigenvalue weighted by Gasteiger charge is 2.46. The fraction of sp³-hybridized carbons (Fsp3) is 1.00. The minimum Gasteiger partial charge on any atom is -0.299 e. The summed E-state index contributed by atoms with van der Waals surface area (Å²) >= 11 is 0. The van der Waals surface area contributed by atoms with Crippen molar-refractivity contribution < 1.29 is 8.42 Å². The Hall–Kier alpha value is -0.130. The van der Waals surface area contributed by atoms with Crippen molar-refractivity contribution in [2.24, 2.45) is 11.1 Å². The average Bonchev–Trinajstić information content (AvgIpc) is 2.60. The van der Waals surface area contributed by atoms with E-state index in [2.05, 4.69) is 4.90 Å². The molecule has 1 saturated carbocycles. The molecule has 2 N–H and O–H groups in total. The van der Waals surface area contributed by atoms with Gasteiger partial charge in [-0.25, -0.2) is 13.6 Å². The van der Waals surface area contributed by atoms with E-state index in [0.29, 0.717) is 12.6 Å². The second-order valence-electron chi connectivity index (χ2n) is 3.75. The molecule has 1 aliphatic heterocycles. The maximum absolute atomic E-state index is 10.7. The summed E-state index contributed by atoms with van der Waals surface area (Å²) in [5.74, 6) is 0.974. The smallest absolute Gasteiger partial charge is 0.210 e. The molecule has 0 radical (unpaired) electrons. The fourth-order valence-electron chi connectivity index (χ4n) is 2.01. The van der Waals surface area contributed by atoms with Gasteiger partial charge in [-0.2, -0.15) is 0 Å². The van der Waals surface area contributed by atoms with Gasteiger partial charge in [0.15, 0.2) is 0 Å². The van der Waals surface area contributed by atoms with Gasteiger partial charge in [0.1, 0.15) is 0 Å². The second kappa shape index (κ2) is 2.68. The zero-order valence-corrected chi connectivity index (χ0v) is 7.76. The van der Waals surface area contributed by atoms with Gasteiger partial charge in [0.2, 0.25) is 10.0 Å². The molecule has 1 heterocycles. The Bertz CT molecular complexity index is 275. The molecule has 2 aliphatic rings. The maximum Gasteiger partial charge on any atom is 0.210 e. The van der Waals surface area contributed by atoms with Crippen molar-refractivity contribution in [3.8, 4) is 0 Å². The van der Waals surface area contributed by atoms with Crippen LogP contribution in [0.2, 0.25) is 0 Å². The molecule has 4 nitrogen and oxygen atoms in total. The second-order valence-corrected chi connectivity index (χ2v) is 5.49. The number of likely N-dealkylation sites (tertiary alicyclic amines) is 1. The normalized spacial score (nSPS) is 35.1. The molecule has 12 heavy (non-hydrogen) atoms. The summed E-state index contributed by atoms with van der Waals surface area (Å²) in [5.41, 5.74) is 0. The Balaban J connectivity index is 1.80. The molecule has 0 amide bonds. The Morgan fingerprint density at radius 3 is 2.67 bits per heavy atom. The molecular weight excluding hydrogens is 176 g/mol. The zero-order chi connectivity index (χ0) is 8.77. The van der Waals surface area contributed by atoms with Crippen molar-refractivity contribution in [1.82, 2.24) is 4.90 Å². The van der Waals surface area contributed by atoms with Crippen molar-refractivity contribution in [1.29, 1.82) is 0 Å². The van der Waals surface area contributed by atoms with Crippen LogP contribution in [-0.2, 0) is 10.0 Å². The summed E-state index contributed by atoms with van der Waals surface area (Å²) in [6, 6.07) is 0.687. The Morgan fingerprint density at radius 2 is 2.25 bits per heavy atom. The van der Waals surface area contributed by atoms with Gasteiger partial charge in [-0.05, 0) is 25.3 Å². The summed E-state index contributed by atoms with van der Waals surface area (Å²) in [7, 11) is -3.26. The molecule has 5 heteroatoms. The number of hydrogen-bond acceptors (Lipinski definition) is 3. The number of primary sulfonamides is 1. The fourth-order valence-corrected chi connectivity index (χ4v) is 2.50. The summed E-state index contributed by atoms with van der Waals surface area (Å²) in [4.78, 5) is 2.25. The van der Waals surface area contributed by atoms with Gasteiger partial charge < -0.3 is 0 Å². The van der Waals surface area contributed by atoms with E-state index in [-0.39, 0.29) is 5.75 Å². The number of piperidine rings is 1. The largest absolute Gasteiger partial charge is 0.299 e. The Morgan fingerprint density at radius 1 is 1.50 bits per heavy atom. The average molecular weight is 190 g/mol. The highest BCUT2D eigenvalue weighted by Crippen LogP contribution is 2.43. The number of fused-ring (bicyclic) bond motifs is 1. The first kappa shape index (κ1) is 8.47. The van der Waals surface area contributed by atoms with Crippen LogP contribution in [0.15, 0.2) is 0 Å². The quantitative estimate of drug-likeness (QED) is 0.644. The highest BCUT2D eigenvalue weighted by atomic mass is 32.2. The Labute approximate surface area is 72.8 Å². The molecule has 1 aliphatic carbocycles. The molecule has 2 fully saturated rings. The lowest BCUT2D eigenvalue weighted by Crippen LogP contribution is -2.31. The van der Waals surface area contributed by atoms with Gasteiger partial charge in [0.05, 0.1) is 5.75 Å². The zero-order valence-electron chi connectivity index (χ0n) is 6.94. The van der Waals surface area contributed by atoms with Gasteiger partial charge in [0.25, 0.3) is 0 Å². The lowest BCUT2D eigenvalue weighted by molar-refractivity contribution is 0.317. The molecule has 1 saturated heterocycles. The molecule has 2 atom stereocenters. The molecule has 2 unspecified atom stereocenters. The third-order valence-electron chi connectivity index (χ3n) is 2.80. The van der Waals surface area contributed by atoms with Crippen LogP contribution in [0, 0.1) is 5.92 Å². The van der Waals surface area contributed by atoms with E-state index in [4.69, 9.17) is 5.14 Å². The van der Waals surface area contributed by atoms with Gasteiger partial charge in [0, 0.05) is 12.6 Å². The third kappa shape index (κ3) is 1.78. The van der Waals surface area contributed by atoms with Crippen molar-refractivity contribution in [2.75, 3.05) is 18.8 Å². The van der Waals surface area contributed by atoms with Crippen LogP contribution in [0.5, 0.6) is 0 Å². The number of sulfonamides is 1. The summed E-state index contributed by atoms with van der Waals surface area (Å²) < 4.78 is 21.3. The van der Waals surface area contributed by atoms with E-state index in [0.717, 1.165) is 12.5 Å². The number of hydrogen-bond donors (Lipinski definition) is 1. The molecule has 0 spiro atoms. The van der Waals surface area contributed by atoms with E-state index in [1.165, 1.54) is 12.8 Å². The predicted molar refractivity (Wildman–Crippen MR) is 46.1 cm³/mol. The van der Waals surface area contributed by atoms with Crippen molar-refractivity contribution in [3.05, 3.63) is 0 Å². The highest BCUT2D eigenvalue weighted by molar-refractivity contribution is 7.89. The monoisotopic (exact) mass is 190 g/mol. The van der Waals surface area contributed by atoms with E-state index < -0.39 is 10.0 Å². The predicted octanol–water partition coefficient (Wildman–Crippen LogP) is -0.631. The van der Waals surface area contributed by atoms with Gasteiger partial charge in [-0.3, -0.25) is 4.90 Å². The van der Waals surface area contributed by atoms with E-state index in [9.17, 15) is 8.42 Å². The van der Waals surface area contributed by atoms with E-state index in [1.54, 1.807) is 0 Å². The van der Waals surface area contributed by atoms with Gasteiger partial charge in [-0.1, -0.05) is 0 Å². The maximum atomic E-state index is 10.7. The lowest BCUT2D eigenvalue weighted by atomic mass is 10.3. The lowest BCUT2D eigenvalue weighted by Gasteiger charge is -2.15. The van der Waals surface area contributed by atoms with Crippen LogP contribution in [-0.4, -0.2) is 38.2 Å².